The van der Waals surface area contributed by atoms with E-state index in [0.29, 0.717) is 12.3 Å². The molecule has 3 aliphatic heterocycles. The second-order valence-corrected chi connectivity index (χ2v) is 6.61. The topological polar surface area (TPSA) is 35.6 Å². The molecule has 22 heavy (non-hydrogen) atoms. The molecule has 0 bridgehead atoms. The lowest BCUT2D eigenvalue weighted by molar-refractivity contribution is -0.117. The predicted octanol–water partition coefficient (Wildman–Crippen LogP) is 1.68. The molecule has 0 aromatic heterocycles. The molecule has 2 fully saturated rings. The fourth-order valence-corrected chi connectivity index (χ4v) is 4.10. The molecular weight excluding hydrogens is 298 g/mol. The van der Waals surface area contributed by atoms with Gasteiger partial charge in [-0.05, 0) is 30.4 Å². The van der Waals surface area contributed by atoms with Crippen LogP contribution < -0.4 is 10.2 Å². The summed E-state index contributed by atoms with van der Waals surface area (Å²) in [6.07, 6.45) is 3.09. The number of hydrogen-bond acceptors (Lipinski definition) is 3. The van der Waals surface area contributed by atoms with Gasteiger partial charge in [-0.1, -0.05) is 18.2 Å². The molecule has 0 spiro atoms. The van der Waals surface area contributed by atoms with Crippen LogP contribution in [0, 0.1) is 5.92 Å². The molecule has 1 aromatic rings. The van der Waals surface area contributed by atoms with Crippen LogP contribution in [0.3, 0.4) is 0 Å². The van der Waals surface area contributed by atoms with Gasteiger partial charge in [0.1, 0.15) is 0 Å². The van der Waals surface area contributed by atoms with E-state index in [1.54, 1.807) is 0 Å². The van der Waals surface area contributed by atoms with Crippen LogP contribution in [0.15, 0.2) is 24.3 Å². The van der Waals surface area contributed by atoms with E-state index in [2.05, 4.69) is 22.3 Å². The lowest BCUT2D eigenvalue weighted by atomic mass is 9.91. The molecule has 0 saturated carbocycles. The van der Waals surface area contributed by atoms with E-state index in [1.165, 1.54) is 18.4 Å². The monoisotopic (exact) mass is 321 g/mol. The van der Waals surface area contributed by atoms with E-state index in [1.807, 2.05) is 17.0 Å². The number of benzene rings is 1. The molecule has 0 unspecified atom stereocenters. The van der Waals surface area contributed by atoms with Gasteiger partial charge in [-0.3, -0.25) is 9.69 Å². The number of fused-ring (bicyclic) bond motifs is 2. The number of hydrogen-bond donors (Lipinski definition) is 1. The Bertz CT molecular complexity index is 550. The standard InChI is InChI=1S/C17H23N3O.ClH/c21-17-9-14-3-1-2-4-16(14)20(17)12-13-5-6-15-10-18-7-8-19(15)11-13;/h1-4,13,15,18H,5-12H2;1H/t13-,15+;/m1./s1. The van der Waals surface area contributed by atoms with E-state index in [9.17, 15) is 4.79 Å². The molecule has 4 nitrogen and oxygen atoms in total. The van der Waals surface area contributed by atoms with E-state index in [4.69, 9.17) is 0 Å². The number of carbonyl (C=O) groups is 1. The largest absolute Gasteiger partial charge is 0.314 e. The summed E-state index contributed by atoms with van der Waals surface area (Å²) in [6, 6.07) is 8.97. The maximum absolute atomic E-state index is 12.3. The summed E-state index contributed by atoms with van der Waals surface area (Å²) in [5, 5.41) is 3.49. The second kappa shape index (κ2) is 6.57. The van der Waals surface area contributed by atoms with Crippen molar-refractivity contribution in [2.45, 2.75) is 25.3 Å². The first-order valence-corrected chi connectivity index (χ1v) is 8.14. The van der Waals surface area contributed by atoms with Crippen molar-refractivity contribution < 1.29 is 4.79 Å². The van der Waals surface area contributed by atoms with E-state index < -0.39 is 0 Å². The summed E-state index contributed by atoms with van der Waals surface area (Å²) in [5.74, 6) is 0.896. The Morgan fingerprint density at radius 1 is 1.23 bits per heavy atom. The Balaban J connectivity index is 0.00000144. The Hall–Kier alpha value is -1.10. The third kappa shape index (κ3) is 2.87. The van der Waals surface area contributed by atoms with Gasteiger partial charge >= 0.3 is 0 Å². The number of anilines is 1. The van der Waals surface area contributed by atoms with Crippen molar-refractivity contribution in [3.8, 4) is 0 Å². The Kier molecular flexibility index (Phi) is 4.71. The lowest BCUT2D eigenvalue weighted by Crippen LogP contribution is -2.56. The van der Waals surface area contributed by atoms with Crippen LogP contribution in [-0.2, 0) is 11.2 Å². The second-order valence-electron chi connectivity index (χ2n) is 6.61. The number of rotatable bonds is 2. The molecule has 1 aromatic carbocycles. The van der Waals surface area contributed by atoms with Crippen LogP contribution in [0.2, 0.25) is 0 Å². The van der Waals surface area contributed by atoms with Crippen molar-refractivity contribution in [2.75, 3.05) is 37.6 Å². The average Bonchev–Trinajstić information content (AvgIpc) is 2.83. The molecule has 1 N–H and O–H groups in total. The Morgan fingerprint density at radius 2 is 2.09 bits per heavy atom. The van der Waals surface area contributed by atoms with Crippen LogP contribution in [0.5, 0.6) is 0 Å². The van der Waals surface area contributed by atoms with Gasteiger partial charge in [-0.25, -0.2) is 0 Å². The van der Waals surface area contributed by atoms with Crippen LogP contribution in [0.4, 0.5) is 5.69 Å². The minimum absolute atomic E-state index is 0. The molecule has 120 valence electrons. The van der Waals surface area contributed by atoms with E-state index in [0.717, 1.165) is 44.5 Å². The number of nitrogens with one attached hydrogen (secondary N) is 1. The van der Waals surface area contributed by atoms with Crippen LogP contribution >= 0.6 is 12.4 Å². The molecule has 0 radical (unpaired) electrons. The highest BCUT2D eigenvalue weighted by Crippen LogP contribution is 2.31. The van der Waals surface area contributed by atoms with Gasteiger partial charge in [0.15, 0.2) is 0 Å². The SMILES string of the molecule is Cl.O=C1Cc2ccccc2N1C[C@@H]1CC[C@H]2CNCCN2C1. The quantitative estimate of drug-likeness (QED) is 0.900. The van der Waals surface area contributed by atoms with Crippen molar-refractivity contribution >= 4 is 24.0 Å². The highest BCUT2D eigenvalue weighted by atomic mass is 35.5. The maximum atomic E-state index is 12.3. The lowest BCUT2D eigenvalue weighted by Gasteiger charge is -2.43. The summed E-state index contributed by atoms with van der Waals surface area (Å²) in [5.41, 5.74) is 2.34. The summed E-state index contributed by atoms with van der Waals surface area (Å²) in [4.78, 5) is 16.9. The molecule has 3 heterocycles. The van der Waals surface area contributed by atoms with Gasteiger partial charge in [0.2, 0.25) is 5.91 Å². The molecule has 5 heteroatoms. The van der Waals surface area contributed by atoms with Gasteiger partial charge < -0.3 is 10.2 Å². The molecular formula is C17H24ClN3O. The molecule has 0 aliphatic carbocycles. The molecule has 1 amide bonds. The van der Waals surface area contributed by atoms with Crippen LogP contribution in [0.1, 0.15) is 18.4 Å². The molecule has 4 rings (SSSR count). The first-order valence-electron chi connectivity index (χ1n) is 8.14. The van der Waals surface area contributed by atoms with Gasteiger partial charge in [0.05, 0.1) is 6.42 Å². The predicted molar refractivity (Wildman–Crippen MR) is 90.7 cm³/mol. The fraction of sp³-hybridized carbons (Fsp3) is 0.588. The zero-order valence-corrected chi connectivity index (χ0v) is 13.6. The summed E-state index contributed by atoms with van der Waals surface area (Å²) >= 11 is 0. The van der Waals surface area contributed by atoms with Crippen molar-refractivity contribution in [2.24, 2.45) is 5.92 Å². The average molecular weight is 322 g/mol. The first kappa shape index (κ1) is 15.8. The third-order valence-corrected chi connectivity index (χ3v) is 5.24. The fourth-order valence-electron chi connectivity index (χ4n) is 4.10. The molecule has 2 atom stereocenters. The van der Waals surface area contributed by atoms with Gasteiger partial charge in [0, 0.05) is 44.5 Å². The number of amides is 1. The number of piperidine rings is 1. The first-order chi connectivity index (χ1) is 10.3. The third-order valence-electron chi connectivity index (χ3n) is 5.24. The summed E-state index contributed by atoms with van der Waals surface area (Å²) in [7, 11) is 0. The highest BCUT2D eigenvalue weighted by molar-refractivity contribution is 6.01. The zero-order valence-electron chi connectivity index (χ0n) is 12.8. The summed E-state index contributed by atoms with van der Waals surface area (Å²) < 4.78 is 0. The van der Waals surface area contributed by atoms with Crippen molar-refractivity contribution in [3.05, 3.63) is 29.8 Å². The number of nitrogens with zero attached hydrogens (tertiary/aromatic N) is 2. The Labute approximate surface area is 138 Å². The smallest absolute Gasteiger partial charge is 0.231 e. The minimum atomic E-state index is 0. The van der Waals surface area contributed by atoms with E-state index in [-0.39, 0.29) is 18.3 Å². The maximum Gasteiger partial charge on any atom is 0.231 e. The molecule has 3 aliphatic rings. The van der Waals surface area contributed by atoms with Gasteiger partial charge in [-0.2, -0.15) is 0 Å². The highest BCUT2D eigenvalue weighted by Gasteiger charge is 2.34. The normalized spacial score (nSPS) is 28.0. The van der Waals surface area contributed by atoms with Gasteiger partial charge in [-0.15, -0.1) is 12.4 Å². The Morgan fingerprint density at radius 3 is 3.00 bits per heavy atom. The number of para-hydroxylation sites is 1. The molecule has 2 saturated heterocycles. The summed E-state index contributed by atoms with van der Waals surface area (Å²) in [6.45, 7) is 5.45. The van der Waals surface area contributed by atoms with Crippen molar-refractivity contribution in [1.82, 2.24) is 10.2 Å². The number of carbonyl (C=O) groups excluding carboxylic acids is 1. The van der Waals surface area contributed by atoms with Gasteiger partial charge in [0.25, 0.3) is 0 Å². The van der Waals surface area contributed by atoms with Crippen LogP contribution in [0.25, 0.3) is 0 Å². The van der Waals surface area contributed by atoms with Crippen molar-refractivity contribution in [3.63, 3.8) is 0 Å². The van der Waals surface area contributed by atoms with E-state index >= 15 is 0 Å². The number of halogens is 1. The zero-order chi connectivity index (χ0) is 14.2. The minimum Gasteiger partial charge on any atom is -0.314 e. The van der Waals surface area contributed by atoms with Crippen molar-refractivity contribution in [1.29, 1.82) is 0 Å². The van der Waals surface area contributed by atoms with Crippen LogP contribution in [-0.4, -0.2) is 49.6 Å². The number of piperazine rings is 1.